The maximum Gasteiger partial charge on any atom is 0.355 e. The van der Waals surface area contributed by atoms with E-state index in [9.17, 15) is 9.59 Å². The second-order valence-corrected chi connectivity index (χ2v) is 4.83. The van der Waals surface area contributed by atoms with Crippen molar-refractivity contribution in [3.8, 4) is 0 Å². The second kappa shape index (κ2) is 6.67. The van der Waals surface area contributed by atoms with Crippen LogP contribution >= 0.6 is 11.6 Å². The van der Waals surface area contributed by atoms with Crippen molar-refractivity contribution in [3.05, 3.63) is 34.5 Å². The Morgan fingerprint density at radius 3 is 2.55 bits per heavy atom. The van der Waals surface area contributed by atoms with Gasteiger partial charge in [0.1, 0.15) is 12.4 Å². The number of hydrogen-bond acceptors (Lipinski definition) is 7. The molecule has 0 unspecified atom stereocenters. The van der Waals surface area contributed by atoms with E-state index < -0.39 is 11.9 Å². The standard InChI is InChI=1S/C14H15ClN2O5/c1-20-13(18)9-6-22-7-17(12(9)14(19)21-2)8-3-4-11(16)10(15)5-8/h3-5H,6-7,16H2,1-2H3. The highest BCUT2D eigenvalue weighted by atomic mass is 35.5. The lowest BCUT2D eigenvalue weighted by atomic mass is 10.1. The average molecular weight is 327 g/mol. The summed E-state index contributed by atoms with van der Waals surface area (Å²) >= 11 is 6.00. The molecule has 0 atom stereocenters. The van der Waals surface area contributed by atoms with Crippen LogP contribution in [0.25, 0.3) is 0 Å². The average Bonchev–Trinajstić information content (AvgIpc) is 2.55. The van der Waals surface area contributed by atoms with E-state index >= 15 is 0 Å². The van der Waals surface area contributed by atoms with E-state index in [-0.39, 0.29) is 24.6 Å². The number of ether oxygens (including phenoxy) is 3. The monoisotopic (exact) mass is 326 g/mol. The Bertz CT molecular complexity index is 644. The molecule has 0 amide bonds. The molecule has 0 fully saturated rings. The third kappa shape index (κ3) is 3.00. The highest BCUT2D eigenvalue weighted by molar-refractivity contribution is 6.33. The van der Waals surface area contributed by atoms with Crippen LogP contribution in [-0.4, -0.2) is 39.5 Å². The Morgan fingerprint density at radius 2 is 1.95 bits per heavy atom. The summed E-state index contributed by atoms with van der Waals surface area (Å²) in [5.41, 5.74) is 6.76. The van der Waals surface area contributed by atoms with Crippen LogP contribution < -0.4 is 10.6 Å². The van der Waals surface area contributed by atoms with Gasteiger partial charge < -0.3 is 24.8 Å². The molecule has 118 valence electrons. The SMILES string of the molecule is COC(=O)C1=C(C(=O)OC)N(c2ccc(N)c(Cl)c2)COC1. The molecule has 0 bridgehead atoms. The minimum absolute atomic E-state index is 0.0453. The molecule has 2 N–H and O–H groups in total. The zero-order chi connectivity index (χ0) is 16.3. The van der Waals surface area contributed by atoms with Crippen LogP contribution in [-0.2, 0) is 23.8 Å². The van der Waals surface area contributed by atoms with E-state index in [4.69, 9.17) is 26.8 Å². The van der Waals surface area contributed by atoms with Gasteiger partial charge in [0.25, 0.3) is 0 Å². The van der Waals surface area contributed by atoms with Gasteiger partial charge in [0.05, 0.1) is 37.1 Å². The number of carbonyl (C=O) groups is 2. The number of halogens is 1. The molecule has 1 heterocycles. The van der Waals surface area contributed by atoms with Gasteiger partial charge in [-0.3, -0.25) is 0 Å². The minimum atomic E-state index is -0.670. The molecule has 1 aromatic rings. The lowest BCUT2D eigenvalue weighted by Crippen LogP contribution is -2.38. The molecule has 1 aliphatic heterocycles. The predicted molar refractivity (Wildman–Crippen MR) is 80.2 cm³/mol. The lowest BCUT2D eigenvalue weighted by Gasteiger charge is -2.31. The zero-order valence-corrected chi connectivity index (χ0v) is 12.8. The first kappa shape index (κ1) is 16.1. The molecule has 1 aromatic carbocycles. The number of nitrogens with two attached hydrogens (primary N) is 1. The third-order valence-corrected chi connectivity index (χ3v) is 3.46. The fraction of sp³-hybridized carbons (Fsp3) is 0.286. The van der Waals surface area contributed by atoms with Crippen LogP contribution in [0.5, 0.6) is 0 Å². The lowest BCUT2D eigenvalue weighted by molar-refractivity contribution is -0.140. The van der Waals surface area contributed by atoms with Gasteiger partial charge in [-0.25, -0.2) is 9.59 Å². The number of methoxy groups -OCH3 is 2. The van der Waals surface area contributed by atoms with Gasteiger partial charge in [0.15, 0.2) is 0 Å². The molecule has 0 aliphatic carbocycles. The van der Waals surface area contributed by atoms with Crippen molar-refractivity contribution in [2.45, 2.75) is 0 Å². The molecule has 0 radical (unpaired) electrons. The predicted octanol–water partition coefficient (Wildman–Crippen LogP) is 1.32. The van der Waals surface area contributed by atoms with Crippen molar-refractivity contribution in [2.75, 3.05) is 38.2 Å². The Morgan fingerprint density at radius 1 is 1.27 bits per heavy atom. The van der Waals surface area contributed by atoms with Crippen molar-refractivity contribution in [1.82, 2.24) is 0 Å². The van der Waals surface area contributed by atoms with Crippen LogP contribution in [0.1, 0.15) is 0 Å². The van der Waals surface area contributed by atoms with Crippen molar-refractivity contribution >= 4 is 34.9 Å². The molecular formula is C14H15ClN2O5. The first-order valence-corrected chi connectivity index (χ1v) is 6.67. The van der Waals surface area contributed by atoms with Crippen molar-refractivity contribution < 1.29 is 23.8 Å². The summed E-state index contributed by atoms with van der Waals surface area (Å²) in [7, 11) is 2.46. The first-order valence-electron chi connectivity index (χ1n) is 6.29. The molecule has 22 heavy (non-hydrogen) atoms. The van der Waals surface area contributed by atoms with E-state index in [2.05, 4.69) is 4.74 Å². The van der Waals surface area contributed by atoms with Gasteiger partial charge in [-0.2, -0.15) is 0 Å². The van der Waals surface area contributed by atoms with E-state index in [1.807, 2.05) is 0 Å². The summed E-state index contributed by atoms with van der Waals surface area (Å²) in [5, 5.41) is 0.326. The van der Waals surface area contributed by atoms with Crippen molar-refractivity contribution in [1.29, 1.82) is 0 Å². The summed E-state index contributed by atoms with van der Waals surface area (Å²) in [6.45, 7) is 0.0154. The van der Waals surface area contributed by atoms with Gasteiger partial charge in [0, 0.05) is 5.69 Å². The minimum Gasteiger partial charge on any atom is -0.466 e. The summed E-state index contributed by atoms with van der Waals surface area (Å²) in [5.74, 6) is -1.33. The summed E-state index contributed by atoms with van der Waals surface area (Å²) < 4.78 is 14.8. The molecule has 0 saturated heterocycles. The quantitative estimate of drug-likeness (QED) is 0.661. The fourth-order valence-corrected chi connectivity index (χ4v) is 2.21. The van der Waals surface area contributed by atoms with Crippen LogP contribution in [0.4, 0.5) is 11.4 Å². The zero-order valence-electron chi connectivity index (χ0n) is 12.1. The third-order valence-electron chi connectivity index (χ3n) is 3.13. The molecule has 7 nitrogen and oxygen atoms in total. The molecule has 8 heteroatoms. The van der Waals surface area contributed by atoms with Gasteiger partial charge in [-0.15, -0.1) is 0 Å². The summed E-state index contributed by atoms with van der Waals surface area (Å²) in [6, 6.07) is 4.83. The fourth-order valence-electron chi connectivity index (χ4n) is 2.03. The van der Waals surface area contributed by atoms with E-state index in [1.165, 1.54) is 19.1 Å². The number of rotatable bonds is 3. The maximum absolute atomic E-state index is 12.1. The molecule has 0 aromatic heterocycles. The van der Waals surface area contributed by atoms with E-state index in [1.54, 1.807) is 18.2 Å². The highest BCUT2D eigenvalue weighted by Crippen LogP contribution is 2.30. The maximum atomic E-state index is 12.1. The first-order chi connectivity index (χ1) is 10.5. The van der Waals surface area contributed by atoms with Crippen molar-refractivity contribution in [2.24, 2.45) is 0 Å². The van der Waals surface area contributed by atoms with E-state index in [0.717, 1.165) is 0 Å². The second-order valence-electron chi connectivity index (χ2n) is 4.42. The van der Waals surface area contributed by atoms with Crippen molar-refractivity contribution in [3.63, 3.8) is 0 Å². The molecular weight excluding hydrogens is 312 g/mol. The molecule has 0 saturated carbocycles. The highest BCUT2D eigenvalue weighted by Gasteiger charge is 2.32. The van der Waals surface area contributed by atoms with E-state index in [0.29, 0.717) is 16.4 Å². The van der Waals surface area contributed by atoms with Gasteiger partial charge in [0.2, 0.25) is 0 Å². The van der Waals surface area contributed by atoms with Crippen LogP contribution in [0.2, 0.25) is 5.02 Å². The number of hydrogen-bond donors (Lipinski definition) is 1. The summed E-state index contributed by atoms with van der Waals surface area (Å²) in [4.78, 5) is 25.4. The largest absolute Gasteiger partial charge is 0.466 e. The Kier molecular flexibility index (Phi) is 4.89. The number of carbonyl (C=O) groups excluding carboxylic acids is 2. The summed E-state index contributed by atoms with van der Waals surface area (Å²) in [6.07, 6.45) is 0. The van der Waals surface area contributed by atoms with Gasteiger partial charge in [-0.05, 0) is 18.2 Å². The molecule has 2 rings (SSSR count). The van der Waals surface area contributed by atoms with Crippen LogP contribution in [0.3, 0.4) is 0 Å². The van der Waals surface area contributed by atoms with Gasteiger partial charge in [-0.1, -0.05) is 11.6 Å². The normalized spacial score (nSPS) is 14.8. The molecule has 0 spiro atoms. The number of nitrogens with zero attached hydrogens (tertiary/aromatic N) is 1. The Balaban J connectivity index is 2.54. The number of anilines is 2. The Hall–Kier alpha value is -2.25. The number of esters is 2. The van der Waals surface area contributed by atoms with Crippen LogP contribution in [0, 0.1) is 0 Å². The van der Waals surface area contributed by atoms with Gasteiger partial charge >= 0.3 is 11.9 Å². The van der Waals surface area contributed by atoms with Crippen LogP contribution in [0.15, 0.2) is 29.5 Å². The number of nitrogen functional groups attached to an aromatic ring is 1. The molecule has 1 aliphatic rings. The number of benzene rings is 1. The topological polar surface area (TPSA) is 91.1 Å². The Labute approximate surface area is 132 Å². The smallest absolute Gasteiger partial charge is 0.355 e.